The number of carbonyl (C=O) groups excluding carboxylic acids is 2. The Bertz CT molecular complexity index is 612. The second kappa shape index (κ2) is 6.26. The van der Waals surface area contributed by atoms with Crippen LogP contribution in [-0.2, 0) is 4.79 Å². The van der Waals surface area contributed by atoms with Gasteiger partial charge < -0.3 is 14.6 Å². The van der Waals surface area contributed by atoms with E-state index in [2.05, 4.69) is 12.2 Å². The van der Waals surface area contributed by atoms with Gasteiger partial charge in [-0.3, -0.25) is 9.59 Å². The Morgan fingerprint density at radius 1 is 1.29 bits per heavy atom. The Kier molecular flexibility index (Phi) is 4.10. The average molecular weight is 330 g/mol. The van der Waals surface area contributed by atoms with E-state index >= 15 is 0 Å². The molecule has 1 N–H and O–H groups in total. The largest absolute Gasteiger partial charge is 0.459 e. The third-order valence-electron chi connectivity index (χ3n) is 6.35. The topological polar surface area (TPSA) is 62.6 Å². The van der Waals surface area contributed by atoms with Gasteiger partial charge in [0.05, 0.1) is 6.26 Å². The molecule has 1 aromatic rings. The number of amides is 2. The smallest absolute Gasteiger partial charge is 0.290 e. The van der Waals surface area contributed by atoms with E-state index in [9.17, 15) is 9.59 Å². The fraction of sp³-hybridized carbons (Fsp3) is 0.684. The molecule has 3 fully saturated rings. The molecule has 24 heavy (non-hydrogen) atoms. The molecular formula is C19H26N2O3. The minimum Gasteiger partial charge on any atom is -0.459 e. The second-order valence-electron chi connectivity index (χ2n) is 7.77. The van der Waals surface area contributed by atoms with Crippen LogP contribution in [0.5, 0.6) is 0 Å². The summed E-state index contributed by atoms with van der Waals surface area (Å²) in [5, 5.41) is 3.22. The van der Waals surface area contributed by atoms with E-state index in [-0.39, 0.29) is 23.9 Å². The van der Waals surface area contributed by atoms with Crippen molar-refractivity contribution in [3.63, 3.8) is 0 Å². The number of furan rings is 1. The van der Waals surface area contributed by atoms with Crippen LogP contribution < -0.4 is 5.32 Å². The molecule has 5 nitrogen and oxygen atoms in total. The molecule has 0 radical (unpaired) electrons. The molecule has 1 aromatic heterocycles. The minimum atomic E-state index is -0.358. The number of nitrogens with zero attached hydrogens (tertiary/aromatic N) is 1. The minimum absolute atomic E-state index is 0.00248. The molecule has 130 valence electrons. The molecule has 2 saturated carbocycles. The molecule has 2 bridgehead atoms. The molecule has 2 amide bonds. The van der Waals surface area contributed by atoms with E-state index in [0.717, 1.165) is 24.7 Å². The summed E-state index contributed by atoms with van der Waals surface area (Å²) < 4.78 is 5.21. The number of nitrogens with one attached hydrogen (secondary N) is 1. The maximum absolute atomic E-state index is 12.8. The standard InChI is InChI=1S/C19H26N2O3/c1-12(15-11-13-6-7-14(15)10-13)20-18(22)16-4-2-8-21(16)19(23)17-5-3-9-24-17/h3,5,9,12-16H,2,4,6-8,10-11H2,1H3,(H,20,22)/t12?,13?,14?,15?,16-/m0/s1. The molecule has 4 unspecified atom stereocenters. The van der Waals surface area contributed by atoms with Crippen molar-refractivity contribution in [3.05, 3.63) is 24.2 Å². The van der Waals surface area contributed by atoms with E-state index in [4.69, 9.17) is 4.42 Å². The van der Waals surface area contributed by atoms with Crippen LogP contribution >= 0.6 is 0 Å². The first-order valence-corrected chi connectivity index (χ1v) is 9.28. The van der Waals surface area contributed by atoms with Gasteiger partial charge in [0, 0.05) is 12.6 Å². The van der Waals surface area contributed by atoms with Crippen LogP contribution in [-0.4, -0.2) is 35.3 Å². The van der Waals surface area contributed by atoms with Gasteiger partial charge in [0.25, 0.3) is 5.91 Å². The van der Waals surface area contributed by atoms with Crippen LogP contribution in [0.3, 0.4) is 0 Å². The van der Waals surface area contributed by atoms with Crippen LogP contribution in [0.1, 0.15) is 56.0 Å². The van der Waals surface area contributed by atoms with Crippen molar-refractivity contribution in [2.75, 3.05) is 6.54 Å². The average Bonchev–Trinajstić information content (AvgIpc) is 3.38. The first kappa shape index (κ1) is 15.7. The highest BCUT2D eigenvalue weighted by molar-refractivity contribution is 5.96. The van der Waals surface area contributed by atoms with Gasteiger partial charge in [0.15, 0.2) is 5.76 Å². The third-order valence-corrected chi connectivity index (χ3v) is 6.35. The predicted octanol–water partition coefficient (Wildman–Crippen LogP) is 2.83. The summed E-state index contributed by atoms with van der Waals surface area (Å²) in [6, 6.07) is 3.21. The normalized spacial score (nSPS) is 33.0. The number of likely N-dealkylation sites (tertiary alicyclic amines) is 1. The molecule has 4 rings (SSSR count). The molecule has 2 heterocycles. The van der Waals surface area contributed by atoms with Crippen molar-refractivity contribution in [1.82, 2.24) is 10.2 Å². The highest BCUT2D eigenvalue weighted by atomic mass is 16.3. The number of hydrogen-bond donors (Lipinski definition) is 1. The summed E-state index contributed by atoms with van der Waals surface area (Å²) in [6.07, 6.45) is 8.39. The maximum Gasteiger partial charge on any atom is 0.290 e. The lowest BCUT2D eigenvalue weighted by molar-refractivity contribution is -0.126. The fourth-order valence-electron chi connectivity index (χ4n) is 5.16. The lowest BCUT2D eigenvalue weighted by atomic mass is 9.84. The monoisotopic (exact) mass is 330 g/mol. The zero-order valence-electron chi connectivity index (χ0n) is 14.2. The van der Waals surface area contributed by atoms with Gasteiger partial charge in [-0.15, -0.1) is 0 Å². The Labute approximate surface area is 142 Å². The molecular weight excluding hydrogens is 304 g/mol. The summed E-state index contributed by atoms with van der Waals surface area (Å²) in [4.78, 5) is 27.0. The van der Waals surface area contributed by atoms with Gasteiger partial charge in [-0.25, -0.2) is 0 Å². The van der Waals surface area contributed by atoms with Gasteiger partial charge in [0.1, 0.15) is 6.04 Å². The predicted molar refractivity (Wildman–Crippen MR) is 89.3 cm³/mol. The van der Waals surface area contributed by atoms with Crippen LogP contribution in [0.25, 0.3) is 0 Å². The van der Waals surface area contributed by atoms with Crippen LogP contribution in [0.4, 0.5) is 0 Å². The lowest BCUT2D eigenvalue weighted by Crippen LogP contribution is -2.50. The molecule has 0 aromatic carbocycles. The third kappa shape index (κ3) is 2.74. The summed E-state index contributed by atoms with van der Waals surface area (Å²) in [7, 11) is 0. The fourth-order valence-corrected chi connectivity index (χ4v) is 5.16. The second-order valence-corrected chi connectivity index (χ2v) is 7.77. The lowest BCUT2D eigenvalue weighted by Gasteiger charge is -2.31. The van der Waals surface area contributed by atoms with Crippen molar-refractivity contribution in [1.29, 1.82) is 0 Å². The number of rotatable bonds is 4. The van der Waals surface area contributed by atoms with Crippen LogP contribution in [0, 0.1) is 17.8 Å². The van der Waals surface area contributed by atoms with E-state index in [1.165, 1.54) is 31.9 Å². The first-order valence-electron chi connectivity index (χ1n) is 9.28. The molecule has 3 aliphatic rings. The SMILES string of the molecule is CC(NC(=O)[C@@H]1CCCN1C(=O)c1ccco1)C1CC2CCC1C2. The van der Waals surface area contributed by atoms with Crippen molar-refractivity contribution < 1.29 is 14.0 Å². The van der Waals surface area contributed by atoms with Crippen LogP contribution in [0.2, 0.25) is 0 Å². The van der Waals surface area contributed by atoms with Gasteiger partial charge in [-0.05, 0) is 68.9 Å². The summed E-state index contributed by atoms with van der Waals surface area (Å²) in [6.45, 7) is 2.76. The quantitative estimate of drug-likeness (QED) is 0.923. The van der Waals surface area contributed by atoms with Crippen LogP contribution in [0.15, 0.2) is 22.8 Å². The van der Waals surface area contributed by atoms with E-state index in [1.54, 1.807) is 17.0 Å². The van der Waals surface area contributed by atoms with E-state index < -0.39 is 0 Å². The molecule has 1 saturated heterocycles. The first-order chi connectivity index (χ1) is 11.6. The summed E-state index contributed by atoms with van der Waals surface area (Å²) >= 11 is 0. The number of carbonyl (C=O) groups is 2. The Morgan fingerprint density at radius 3 is 2.83 bits per heavy atom. The number of hydrogen-bond acceptors (Lipinski definition) is 3. The molecule has 0 spiro atoms. The summed E-state index contributed by atoms with van der Waals surface area (Å²) in [5.74, 6) is 2.42. The maximum atomic E-state index is 12.8. The zero-order valence-corrected chi connectivity index (χ0v) is 14.2. The number of fused-ring (bicyclic) bond motifs is 2. The highest BCUT2D eigenvalue weighted by Gasteiger charge is 2.43. The summed E-state index contributed by atoms with van der Waals surface area (Å²) in [5.41, 5.74) is 0. The molecule has 5 atom stereocenters. The zero-order chi connectivity index (χ0) is 16.7. The Hall–Kier alpha value is -1.78. The molecule has 1 aliphatic heterocycles. The Morgan fingerprint density at radius 2 is 2.17 bits per heavy atom. The highest BCUT2D eigenvalue weighted by Crippen LogP contribution is 2.49. The van der Waals surface area contributed by atoms with Gasteiger partial charge >= 0.3 is 0 Å². The van der Waals surface area contributed by atoms with Gasteiger partial charge in [-0.1, -0.05) is 6.42 Å². The van der Waals surface area contributed by atoms with Gasteiger partial charge in [0.2, 0.25) is 5.91 Å². The van der Waals surface area contributed by atoms with Gasteiger partial charge in [-0.2, -0.15) is 0 Å². The molecule has 5 heteroatoms. The van der Waals surface area contributed by atoms with E-state index in [0.29, 0.717) is 18.2 Å². The molecule has 2 aliphatic carbocycles. The van der Waals surface area contributed by atoms with Crippen molar-refractivity contribution >= 4 is 11.8 Å². The van der Waals surface area contributed by atoms with Crippen molar-refractivity contribution in [2.24, 2.45) is 17.8 Å². The Balaban J connectivity index is 1.39. The van der Waals surface area contributed by atoms with Crippen molar-refractivity contribution in [3.8, 4) is 0 Å². The van der Waals surface area contributed by atoms with E-state index in [1.807, 2.05) is 0 Å². The van der Waals surface area contributed by atoms with Crippen molar-refractivity contribution in [2.45, 2.75) is 57.5 Å².